The van der Waals surface area contributed by atoms with Crippen LogP contribution in [0.25, 0.3) is 0 Å². The summed E-state index contributed by atoms with van der Waals surface area (Å²) in [5, 5.41) is 4.08. The number of hydrazine groups is 1. The Balaban J connectivity index is 2.24. The Hall–Kier alpha value is -1.95. The number of anilines is 1. The molecule has 0 aliphatic heterocycles. The van der Waals surface area contributed by atoms with Crippen LogP contribution in [0.2, 0.25) is 0 Å². The van der Waals surface area contributed by atoms with Gasteiger partial charge in [0, 0.05) is 24.2 Å². The summed E-state index contributed by atoms with van der Waals surface area (Å²) in [5.41, 5.74) is 3.38. The van der Waals surface area contributed by atoms with Crippen LogP contribution in [0, 0.1) is 6.92 Å². The molecule has 0 saturated heterocycles. The fraction of sp³-hybridized carbons (Fsp3) is 0.222. The number of nitrogen functional groups attached to an aromatic ring is 1. The second-order valence-corrected chi connectivity index (χ2v) is 3.16. The zero-order chi connectivity index (χ0) is 10.7. The smallest absolute Gasteiger partial charge is 0.152 e. The summed E-state index contributed by atoms with van der Waals surface area (Å²) >= 11 is 0. The van der Waals surface area contributed by atoms with Gasteiger partial charge < -0.3 is 5.43 Å². The van der Waals surface area contributed by atoms with Gasteiger partial charge in [-0.2, -0.15) is 5.10 Å². The Morgan fingerprint density at radius 3 is 3.00 bits per heavy atom. The van der Waals surface area contributed by atoms with Crippen LogP contribution < -0.4 is 11.3 Å². The number of hydrogen-bond acceptors (Lipinski definition) is 5. The van der Waals surface area contributed by atoms with Gasteiger partial charge in [-0.15, -0.1) is 0 Å². The van der Waals surface area contributed by atoms with E-state index in [1.165, 1.54) is 0 Å². The van der Waals surface area contributed by atoms with Crippen LogP contribution in [-0.4, -0.2) is 19.7 Å². The van der Waals surface area contributed by atoms with Gasteiger partial charge in [0.2, 0.25) is 0 Å². The van der Waals surface area contributed by atoms with Gasteiger partial charge in [0.1, 0.15) is 12.4 Å². The van der Waals surface area contributed by atoms with Gasteiger partial charge in [-0.25, -0.2) is 15.8 Å². The van der Waals surface area contributed by atoms with Crippen LogP contribution in [0.15, 0.2) is 24.5 Å². The third-order valence-corrected chi connectivity index (χ3v) is 1.91. The lowest BCUT2D eigenvalue weighted by atomic mass is 10.4. The molecule has 0 aliphatic rings. The van der Waals surface area contributed by atoms with E-state index in [2.05, 4.69) is 20.5 Å². The molecular weight excluding hydrogens is 192 g/mol. The van der Waals surface area contributed by atoms with E-state index >= 15 is 0 Å². The highest BCUT2D eigenvalue weighted by molar-refractivity contribution is 5.33. The molecule has 15 heavy (non-hydrogen) atoms. The molecule has 0 aliphatic carbocycles. The minimum absolute atomic E-state index is 0.545. The number of rotatable bonds is 3. The predicted octanol–water partition coefficient (Wildman–Crippen LogP) is 0.315. The van der Waals surface area contributed by atoms with Crippen LogP contribution in [0.3, 0.4) is 0 Å². The molecule has 2 aromatic rings. The standard InChI is InChI=1S/C9H12N6/c1-7-5-8(14-10)13-9(12-7)6-15-4-2-3-11-15/h2-5H,6,10H2,1H3,(H,12,13,14). The van der Waals surface area contributed by atoms with Gasteiger partial charge in [-0.3, -0.25) is 4.68 Å². The van der Waals surface area contributed by atoms with E-state index in [4.69, 9.17) is 5.84 Å². The van der Waals surface area contributed by atoms with Gasteiger partial charge in [0.25, 0.3) is 0 Å². The summed E-state index contributed by atoms with van der Waals surface area (Å²) in [6.45, 7) is 2.44. The maximum Gasteiger partial charge on any atom is 0.152 e. The van der Waals surface area contributed by atoms with Gasteiger partial charge in [-0.05, 0) is 13.0 Å². The molecule has 0 spiro atoms. The number of aromatic nitrogens is 4. The first-order valence-electron chi connectivity index (χ1n) is 4.56. The first-order valence-corrected chi connectivity index (χ1v) is 4.56. The first-order chi connectivity index (χ1) is 7.28. The molecule has 0 bridgehead atoms. The van der Waals surface area contributed by atoms with Crippen molar-refractivity contribution >= 4 is 5.82 Å². The van der Waals surface area contributed by atoms with Crippen molar-refractivity contribution in [2.24, 2.45) is 5.84 Å². The number of nitrogens with one attached hydrogen (secondary N) is 1. The Morgan fingerprint density at radius 1 is 1.47 bits per heavy atom. The summed E-state index contributed by atoms with van der Waals surface area (Å²) in [5.74, 6) is 6.60. The SMILES string of the molecule is Cc1cc(NN)nc(Cn2cccn2)n1. The van der Waals surface area contributed by atoms with Crippen molar-refractivity contribution in [1.82, 2.24) is 19.7 Å². The second kappa shape index (κ2) is 4.05. The Kier molecular flexibility index (Phi) is 2.59. The minimum atomic E-state index is 0.545. The van der Waals surface area contributed by atoms with Gasteiger partial charge in [-0.1, -0.05) is 0 Å². The molecule has 2 rings (SSSR count). The van der Waals surface area contributed by atoms with E-state index in [1.807, 2.05) is 19.2 Å². The molecule has 2 heterocycles. The fourth-order valence-corrected chi connectivity index (χ4v) is 1.31. The molecular formula is C9H12N6. The van der Waals surface area contributed by atoms with Crippen molar-refractivity contribution in [2.75, 3.05) is 5.43 Å². The summed E-state index contributed by atoms with van der Waals surface area (Å²) in [4.78, 5) is 8.51. The molecule has 0 aromatic carbocycles. The van der Waals surface area contributed by atoms with Crippen LogP contribution in [0.5, 0.6) is 0 Å². The molecule has 78 valence electrons. The van der Waals surface area contributed by atoms with E-state index < -0.39 is 0 Å². The fourth-order valence-electron chi connectivity index (χ4n) is 1.31. The normalized spacial score (nSPS) is 10.3. The number of nitrogens with zero attached hydrogens (tertiary/aromatic N) is 4. The molecule has 0 radical (unpaired) electrons. The van der Waals surface area contributed by atoms with Gasteiger partial charge >= 0.3 is 0 Å². The highest BCUT2D eigenvalue weighted by Crippen LogP contribution is 2.05. The van der Waals surface area contributed by atoms with Crippen molar-refractivity contribution in [3.05, 3.63) is 36.0 Å². The van der Waals surface area contributed by atoms with E-state index in [0.29, 0.717) is 18.2 Å². The lowest BCUT2D eigenvalue weighted by Gasteiger charge is -2.05. The van der Waals surface area contributed by atoms with E-state index in [1.54, 1.807) is 16.9 Å². The summed E-state index contributed by atoms with van der Waals surface area (Å²) in [6, 6.07) is 3.64. The average molecular weight is 204 g/mol. The molecule has 0 fully saturated rings. The Bertz CT molecular complexity index is 436. The number of hydrogen-bond donors (Lipinski definition) is 2. The van der Waals surface area contributed by atoms with E-state index in [-0.39, 0.29) is 0 Å². The molecule has 2 aromatic heterocycles. The lowest BCUT2D eigenvalue weighted by Crippen LogP contribution is -2.12. The van der Waals surface area contributed by atoms with Gasteiger partial charge in [0.05, 0.1) is 0 Å². The quantitative estimate of drug-likeness (QED) is 0.555. The molecule has 0 saturated carbocycles. The number of nitrogens with two attached hydrogens (primary N) is 1. The van der Waals surface area contributed by atoms with Crippen LogP contribution >= 0.6 is 0 Å². The molecule has 0 amide bonds. The Morgan fingerprint density at radius 2 is 2.33 bits per heavy atom. The summed E-state index contributed by atoms with van der Waals surface area (Å²) < 4.78 is 1.76. The zero-order valence-electron chi connectivity index (χ0n) is 8.38. The molecule has 3 N–H and O–H groups in total. The third kappa shape index (κ3) is 2.29. The molecule has 0 atom stereocenters. The summed E-state index contributed by atoms with van der Waals surface area (Å²) in [7, 11) is 0. The van der Waals surface area contributed by atoms with E-state index in [0.717, 1.165) is 5.69 Å². The summed E-state index contributed by atoms with van der Waals surface area (Å²) in [6.07, 6.45) is 3.58. The molecule has 0 unspecified atom stereocenters. The Labute approximate surface area is 87.1 Å². The highest BCUT2D eigenvalue weighted by atomic mass is 15.3. The van der Waals surface area contributed by atoms with Crippen molar-refractivity contribution < 1.29 is 0 Å². The second-order valence-electron chi connectivity index (χ2n) is 3.16. The van der Waals surface area contributed by atoms with Crippen LogP contribution in [0.4, 0.5) is 5.82 Å². The monoisotopic (exact) mass is 204 g/mol. The van der Waals surface area contributed by atoms with Crippen molar-refractivity contribution in [3.63, 3.8) is 0 Å². The van der Waals surface area contributed by atoms with Crippen LogP contribution in [-0.2, 0) is 6.54 Å². The molecule has 6 heteroatoms. The van der Waals surface area contributed by atoms with Gasteiger partial charge in [0.15, 0.2) is 5.82 Å². The zero-order valence-corrected chi connectivity index (χ0v) is 8.38. The van der Waals surface area contributed by atoms with Crippen molar-refractivity contribution in [2.45, 2.75) is 13.5 Å². The largest absolute Gasteiger partial charge is 0.308 e. The van der Waals surface area contributed by atoms with Crippen molar-refractivity contribution in [3.8, 4) is 0 Å². The molecule has 6 nitrogen and oxygen atoms in total. The first kappa shape index (κ1) is 9.60. The third-order valence-electron chi connectivity index (χ3n) is 1.91. The predicted molar refractivity (Wildman–Crippen MR) is 55.9 cm³/mol. The topological polar surface area (TPSA) is 81.6 Å². The van der Waals surface area contributed by atoms with Crippen molar-refractivity contribution in [1.29, 1.82) is 0 Å². The maximum atomic E-state index is 5.30. The number of aryl methyl sites for hydroxylation is 1. The van der Waals surface area contributed by atoms with E-state index in [9.17, 15) is 0 Å². The minimum Gasteiger partial charge on any atom is -0.308 e. The highest BCUT2D eigenvalue weighted by Gasteiger charge is 2.02. The average Bonchev–Trinajstić information content (AvgIpc) is 2.69. The lowest BCUT2D eigenvalue weighted by molar-refractivity contribution is 0.653. The maximum absolute atomic E-state index is 5.30. The van der Waals surface area contributed by atoms with Crippen LogP contribution in [0.1, 0.15) is 11.5 Å².